The number of carbonyl (C=O) groups is 1. The fraction of sp³-hybridized carbons (Fsp3) is 0.785. The largest absolute Gasteiger partial charge is 0.472 e. The van der Waals surface area contributed by atoms with Gasteiger partial charge in [0.1, 0.15) is 13.2 Å². The summed E-state index contributed by atoms with van der Waals surface area (Å²) in [7, 11) is 1.61. The number of phosphoric ester groups is 1. The molecule has 0 aromatic carbocycles. The van der Waals surface area contributed by atoms with Gasteiger partial charge < -0.3 is 19.8 Å². The number of nitrogens with one attached hydrogen (secondary N) is 1. The first-order valence-corrected chi connectivity index (χ1v) is 39.1. The van der Waals surface area contributed by atoms with Crippen LogP contribution in [0.25, 0.3) is 0 Å². The van der Waals surface area contributed by atoms with Crippen molar-refractivity contribution in [3.63, 3.8) is 0 Å². The second-order valence-electron chi connectivity index (χ2n) is 26.7. The standard InChI is InChI=1S/C79H145N2O6P/c1-6-8-10-12-14-16-18-20-22-24-26-28-30-32-34-36-38-39-40-41-43-45-47-49-51-53-55-57-59-61-63-65-67-69-71-73-79(83)80-77(76-87-88(84,85)86-75-74-81(3,4)5)78(82)72-70-68-66-64-62-60-58-56-54-52-50-48-46-44-42-37-35-33-31-29-27-25-23-21-19-17-15-13-11-9-7-2/h8,10,14,16,20,22,26,28,32,34,38-39,41,43,47,49,77-78,82H,6-7,9,11-13,15,17-19,21,23-25,27,29-31,33,35-37,40,42,44-46,48,50-76H2,1-5H3,(H-,80,83,84,85)/p+1/b10-8-,16-14-,22-20-,28-26-,34-32-,39-38-,43-41-,49-47-. The number of nitrogens with zero attached hydrogens (tertiary/aromatic N) is 1. The Kier molecular flexibility index (Phi) is 66.8. The van der Waals surface area contributed by atoms with Crippen molar-refractivity contribution in [3.05, 3.63) is 97.2 Å². The van der Waals surface area contributed by atoms with Crippen LogP contribution >= 0.6 is 7.82 Å². The summed E-state index contributed by atoms with van der Waals surface area (Å²) in [5.74, 6) is -0.148. The average molecular weight is 1250 g/mol. The first-order valence-electron chi connectivity index (χ1n) is 37.6. The first kappa shape index (κ1) is 85.4. The van der Waals surface area contributed by atoms with E-state index in [9.17, 15) is 19.4 Å². The monoisotopic (exact) mass is 1250 g/mol. The highest BCUT2D eigenvalue weighted by molar-refractivity contribution is 7.47. The molecule has 0 aliphatic heterocycles. The van der Waals surface area contributed by atoms with Crippen molar-refractivity contribution in [1.82, 2.24) is 5.32 Å². The number of phosphoric acid groups is 1. The molecule has 0 saturated carbocycles. The van der Waals surface area contributed by atoms with Gasteiger partial charge in [0, 0.05) is 6.42 Å². The van der Waals surface area contributed by atoms with Crippen LogP contribution in [0.1, 0.15) is 348 Å². The van der Waals surface area contributed by atoms with Crippen molar-refractivity contribution in [2.24, 2.45) is 0 Å². The third-order valence-corrected chi connectivity index (χ3v) is 17.8. The Labute approximate surface area is 547 Å². The van der Waals surface area contributed by atoms with Gasteiger partial charge in [-0.1, -0.05) is 361 Å². The third-order valence-electron chi connectivity index (χ3n) is 16.8. The van der Waals surface area contributed by atoms with Gasteiger partial charge in [-0.15, -0.1) is 0 Å². The van der Waals surface area contributed by atoms with E-state index in [4.69, 9.17) is 9.05 Å². The minimum atomic E-state index is -4.34. The molecular formula is C79H146N2O6P+. The number of amides is 1. The first-order chi connectivity index (χ1) is 43.0. The van der Waals surface area contributed by atoms with Gasteiger partial charge in [0.25, 0.3) is 0 Å². The molecule has 3 atom stereocenters. The summed E-state index contributed by atoms with van der Waals surface area (Å²) in [6.45, 7) is 4.81. The summed E-state index contributed by atoms with van der Waals surface area (Å²) in [6, 6.07) is -0.771. The number of hydrogen-bond donors (Lipinski definition) is 3. The van der Waals surface area contributed by atoms with Gasteiger partial charge in [-0.3, -0.25) is 13.8 Å². The average Bonchev–Trinajstić information content (AvgIpc) is 3.64. The number of quaternary nitrogens is 1. The SMILES string of the molecule is CC/C=C\C/C=C\C/C=C\C/C=C\C/C=C\C/C=C\C/C=C\C/C=C\CCCCCCCCCCCCC(=O)NC(COP(=O)(O)OCC[N+](C)(C)C)C(O)CCCCCCCCCCCCCCCCCCCCCCCCCCCCCCCCC. The van der Waals surface area contributed by atoms with Crippen LogP contribution < -0.4 is 5.32 Å². The molecular weight excluding hydrogens is 1100 g/mol. The van der Waals surface area contributed by atoms with E-state index in [2.05, 4.69) is 116 Å². The Hall–Kier alpha value is -2.58. The molecule has 512 valence electrons. The molecule has 0 heterocycles. The van der Waals surface area contributed by atoms with Crippen molar-refractivity contribution >= 4 is 13.7 Å². The highest BCUT2D eigenvalue weighted by Gasteiger charge is 2.28. The van der Waals surface area contributed by atoms with Gasteiger partial charge in [-0.2, -0.15) is 0 Å². The van der Waals surface area contributed by atoms with Crippen LogP contribution in [0, 0.1) is 0 Å². The Bertz CT molecular complexity index is 1760. The molecule has 0 spiro atoms. The molecule has 0 aliphatic rings. The van der Waals surface area contributed by atoms with Crippen LogP contribution in [-0.4, -0.2) is 73.4 Å². The van der Waals surface area contributed by atoms with Crippen LogP contribution in [0.5, 0.6) is 0 Å². The molecule has 0 bridgehead atoms. The summed E-state index contributed by atoms with van der Waals surface area (Å²) in [4.78, 5) is 23.5. The van der Waals surface area contributed by atoms with Gasteiger partial charge in [-0.05, 0) is 77.0 Å². The van der Waals surface area contributed by atoms with E-state index in [1.807, 2.05) is 21.1 Å². The van der Waals surface area contributed by atoms with Gasteiger partial charge in [0.2, 0.25) is 5.91 Å². The number of rotatable bonds is 69. The maximum atomic E-state index is 13.1. The molecule has 1 amide bonds. The van der Waals surface area contributed by atoms with E-state index >= 15 is 0 Å². The molecule has 88 heavy (non-hydrogen) atoms. The lowest BCUT2D eigenvalue weighted by Gasteiger charge is -2.26. The van der Waals surface area contributed by atoms with Crippen LogP contribution in [0.4, 0.5) is 0 Å². The zero-order chi connectivity index (χ0) is 64.1. The van der Waals surface area contributed by atoms with Crippen molar-refractivity contribution in [2.75, 3.05) is 40.9 Å². The molecule has 0 aromatic rings. The molecule has 0 aromatic heterocycles. The van der Waals surface area contributed by atoms with Crippen molar-refractivity contribution in [2.45, 2.75) is 360 Å². The van der Waals surface area contributed by atoms with E-state index < -0.39 is 20.0 Å². The van der Waals surface area contributed by atoms with Crippen molar-refractivity contribution in [1.29, 1.82) is 0 Å². The lowest BCUT2D eigenvalue weighted by Crippen LogP contribution is -2.46. The minimum absolute atomic E-state index is 0.0706. The van der Waals surface area contributed by atoms with E-state index in [0.717, 1.165) is 96.3 Å². The number of likely N-dealkylation sites (N-methyl/N-ethyl adjacent to an activating group) is 1. The summed E-state index contributed by atoms with van der Waals surface area (Å²) in [5, 5.41) is 14.2. The Morgan fingerprint density at radius 3 is 1.00 bits per heavy atom. The fourth-order valence-corrected chi connectivity index (χ4v) is 11.8. The van der Waals surface area contributed by atoms with Gasteiger partial charge in [-0.25, -0.2) is 4.57 Å². The van der Waals surface area contributed by atoms with Gasteiger partial charge in [0.05, 0.1) is 39.9 Å². The highest BCUT2D eigenvalue weighted by Crippen LogP contribution is 2.43. The molecule has 0 rings (SSSR count). The number of carbonyl (C=O) groups excluding carboxylic acids is 1. The Balaban J connectivity index is 4.04. The van der Waals surface area contributed by atoms with E-state index in [1.165, 1.54) is 225 Å². The fourth-order valence-electron chi connectivity index (χ4n) is 11.1. The Morgan fingerprint density at radius 2 is 0.682 bits per heavy atom. The van der Waals surface area contributed by atoms with E-state index in [-0.39, 0.29) is 19.1 Å². The normalized spacial score (nSPS) is 14.1. The quantitative estimate of drug-likeness (QED) is 0.0243. The lowest BCUT2D eigenvalue weighted by atomic mass is 10.0. The van der Waals surface area contributed by atoms with Crippen LogP contribution in [0.15, 0.2) is 97.2 Å². The minimum Gasteiger partial charge on any atom is -0.391 e. The van der Waals surface area contributed by atoms with Crippen LogP contribution in [-0.2, 0) is 18.4 Å². The molecule has 0 radical (unpaired) electrons. The summed E-state index contributed by atoms with van der Waals surface area (Å²) < 4.78 is 23.9. The predicted molar refractivity (Wildman–Crippen MR) is 387 cm³/mol. The number of allylic oxidation sites excluding steroid dienone is 16. The van der Waals surface area contributed by atoms with Crippen LogP contribution in [0.3, 0.4) is 0 Å². The molecule has 3 N–H and O–H groups in total. The summed E-state index contributed by atoms with van der Waals surface area (Å²) in [6.07, 6.45) is 99.5. The second-order valence-corrected chi connectivity index (χ2v) is 28.1. The molecule has 0 fully saturated rings. The zero-order valence-corrected chi connectivity index (χ0v) is 59.6. The Morgan fingerprint density at radius 1 is 0.398 bits per heavy atom. The maximum absolute atomic E-state index is 13.1. The number of hydrogen-bond acceptors (Lipinski definition) is 5. The molecule has 0 saturated heterocycles. The lowest BCUT2D eigenvalue weighted by molar-refractivity contribution is -0.870. The number of aliphatic hydroxyl groups is 1. The topological polar surface area (TPSA) is 105 Å². The second kappa shape index (κ2) is 68.8. The molecule has 3 unspecified atom stereocenters. The third kappa shape index (κ3) is 70.9. The molecule has 0 aliphatic carbocycles. The van der Waals surface area contributed by atoms with E-state index in [1.54, 1.807) is 0 Å². The number of unbranched alkanes of at least 4 members (excludes halogenated alkanes) is 40. The highest BCUT2D eigenvalue weighted by atomic mass is 31.2. The maximum Gasteiger partial charge on any atom is 0.472 e. The van der Waals surface area contributed by atoms with Gasteiger partial charge >= 0.3 is 7.82 Å². The van der Waals surface area contributed by atoms with Crippen molar-refractivity contribution < 1.29 is 32.9 Å². The summed E-state index contributed by atoms with van der Waals surface area (Å²) in [5.41, 5.74) is 0. The predicted octanol–water partition coefficient (Wildman–Crippen LogP) is 24.4. The van der Waals surface area contributed by atoms with E-state index in [0.29, 0.717) is 23.9 Å². The summed E-state index contributed by atoms with van der Waals surface area (Å²) >= 11 is 0. The smallest absolute Gasteiger partial charge is 0.391 e. The van der Waals surface area contributed by atoms with Crippen molar-refractivity contribution in [3.8, 4) is 0 Å². The van der Waals surface area contributed by atoms with Gasteiger partial charge in [0.15, 0.2) is 0 Å². The molecule has 9 heteroatoms. The van der Waals surface area contributed by atoms with Crippen LogP contribution in [0.2, 0.25) is 0 Å². The molecule has 8 nitrogen and oxygen atoms in total. The number of aliphatic hydroxyl groups excluding tert-OH is 1. The zero-order valence-electron chi connectivity index (χ0n) is 58.7.